The third-order valence-electron chi connectivity index (χ3n) is 3.25. The van der Waals surface area contributed by atoms with Gasteiger partial charge in [-0.2, -0.15) is 5.10 Å². The number of nitrogens with zero attached hydrogens (tertiary/aromatic N) is 2. The molecule has 2 heterocycles. The minimum absolute atomic E-state index is 0.0341. The molecule has 0 saturated heterocycles. The van der Waals surface area contributed by atoms with Gasteiger partial charge in [0.2, 0.25) is 0 Å². The van der Waals surface area contributed by atoms with Crippen LogP contribution in [0.15, 0.2) is 47.8 Å². The fourth-order valence-corrected chi connectivity index (χ4v) is 2.91. The summed E-state index contributed by atoms with van der Waals surface area (Å²) in [6.07, 6.45) is 0. The van der Waals surface area contributed by atoms with E-state index in [1.807, 2.05) is 35.7 Å². The molecule has 0 saturated carbocycles. The number of benzene rings is 1. The first kappa shape index (κ1) is 14.6. The molecule has 0 radical (unpaired) electrons. The van der Waals surface area contributed by atoms with E-state index in [0.717, 1.165) is 22.0 Å². The molecule has 6 heteroatoms. The lowest BCUT2D eigenvalue weighted by Gasteiger charge is -2.08. The van der Waals surface area contributed by atoms with Crippen LogP contribution in [0.25, 0.3) is 10.6 Å². The Morgan fingerprint density at radius 2 is 2.09 bits per heavy atom. The topological polar surface area (TPSA) is 70.3 Å². The molecule has 0 aliphatic heterocycles. The molecule has 0 unspecified atom stereocenters. The lowest BCUT2D eigenvalue weighted by Crippen LogP contribution is -2.10. The number of aromatic nitrogens is 2. The smallest absolute Gasteiger partial charge is 0.125 e. The van der Waals surface area contributed by atoms with E-state index in [2.05, 4.69) is 10.4 Å². The average molecular weight is 315 g/mol. The predicted molar refractivity (Wildman–Crippen MR) is 88.1 cm³/mol. The summed E-state index contributed by atoms with van der Waals surface area (Å²) < 4.78 is 1.76. The summed E-state index contributed by atoms with van der Waals surface area (Å²) in [4.78, 5) is 1.09. The Morgan fingerprint density at radius 1 is 1.18 bits per heavy atom. The van der Waals surface area contributed by atoms with Gasteiger partial charge in [0.05, 0.1) is 18.0 Å². The van der Waals surface area contributed by atoms with E-state index in [4.69, 9.17) is 0 Å². The standard InChI is InChI=1S/C16H17N3O2S/c20-7-6-19-16(10-14(18-19)15-5-2-8-22-15)17-11-12-3-1-4-13(21)9-12/h1-5,8-10,17,20-21H,6-7,11H2. The zero-order chi connectivity index (χ0) is 15.4. The molecule has 0 aliphatic rings. The van der Waals surface area contributed by atoms with Crippen molar-refractivity contribution in [3.63, 3.8) is 0 Å². The van der Waals surface area contributed by atoms with Gasteiger partial charge in [-0.25, -0.2) is 4.68 Å². The summed E-state index contributed by atoms with van der Waals surface area (Å²) in [7, 11) is 0. The maximum absolute atomic E-state index is 9.50. The SMILES string of the molecule is OCCn1nc(-c2cccs2)cc1NCc1cccc(O)c1. The lowest BCUT2D eigenvalue weighted by molar-refractivity contribution is 0.270. The Morgan fingerprint density at radius 3 is 2.82 bits per heavy atom. The number of phenolic OH excluding ortho intramolecular Hbond substituents is 1. The molecule has 0 spiro atoms. The highest BCUT2D eigenvalue weighted by Crippen LogP contribution is 2.26. The van der Waals surface area contributed by atoms with Crippen LogP contribution < -0.4 is 5.32 Å². The van der Waals surface area contributed by atoms with Gasteiger partial charge in [-0.1, -0.05) is 18.2 Å². The molecule has 0 atom stereocenters. The second-order valence-corrected chi connectivity index (χ2v) is 5.81. The van der Waals surface area contributed by atoms with Gasteiger partial charge in [-0.3, -0.25) is 0 Å². The predicted octanol–water partition coefficient (Wildman–Crippen LogP) is 2.92. The van der Waals surface area contributed by atoms with Gasteiger partial charge in [-0.05, 0) is 29.1 Å². The van der Waals surface area contributed by atoms with Crippen molar-refractivity contribution in [3.05, 3.63) is 53.4 Å². The first-order valence-electron chi connectivity index (χ1n) is 7.00. The highest BCUT2D eigenvalue weighted by molar-refractivity contribution is 7.13. The summed E-state index contributed by atoms with van der Waals surface area (Å²) in [6, 6.07) is 13.1. The molecule has 3 rings (SSSR count). The van der Waals surface area contributed by atoms with Crippen LogP contribution in [0.5, 0.6) is 5.75 Å². The van der Waals surface area contributed by atoms with Crippen molar-refractivity contribution >= 4 is 17.2 Å². The van der Waals surface area contributed by atoms with Crippen LogP contribution >= 0.6 is 11.3 Å². The molecule has 0 fully saturated rings. The summed E-state index contributed by atoms with van der Waals surface area (Å²) in [6.45, 7) is 1.05. The van der Waals surface area contributed by atoms with E-state index in [1.165, 1.54) is 0 Å². The Bertz CT molecular complexity index is 738. The highest BCUT2D eigenvalue weighted by Gasteiger charge is 2.10. The quantitative estimate of drug-likeness (QED) is 0.654. The summed E-state index contributed by atoms with van der Waals surface area (Å²) >= 11 is 1.63. The number of aromatic hydroxyl groups is 1. The third kappa shape index (κ3) is 3.29. The van der Waals surface area contributed by atoms with E-state index in [1.54, 1.807) is 28.2 Å². The molecule has 0 aliphatic carbocycles. The number of aliphatic hydroxyl groups is 1. The largest absolute Gasteiger partial charge is 0.508 e. The van der Waals surface area contributed by atoms with E-state index in [0.29, 0.717) is 13.1 Å². The molecule has 0 bridgehead atoms. The van der Waals surface area contributed by atoms with Crippen molar-refractivity contribution in [2.24, 2.45) is 0 Å². The van der Waals surface area contributed by atoms with E-state index in [9.17, 15) is 10.2 Å². The van der Waals surface area contributed by atoms with Crippen molar-refractivity contribution in [1.82, 2.24) is 9.78 Å². The number of hydrogen-bond donors (Lipinski definition) is 3. The van der Waals surface area contributed by atoms with E-state index >= 15 is 0 Å². The Balaban J connectivity index is 1.79. The van der Waals surface area contributed by atoms with Crippen LogP contribution in [0.4, 0.5) is 5.82 Å². The second kappa shape index (κ2) is 6.64. The van der Waals surface area contributed by atoms with Gasteiger partial charge >= 0.3 is 0 Å². The maximum atomic E-state index is 9.50. The van der Waals surface area contributed by atoms with Gasteiger partial charge in [0.1, 0.15) is 17.3 Å². The zero-order valence-electron chi connectivity index (χ0n) is 11.9. The van der Waals surface area contributed by atoms with Gasteiger partial charge in [-0.15, -0.1) is 11.3 Å². The van der Waals surface area contributed by atoms with E-state index < -0.39 is 0 Å². The zero-order valence-corrected chi connectivity index (χ0v) is 12.8. The number of thiophene rings is 1. The molecule has 3 N–H and O–H groups in total. The first-order valence-corrected chi connectivity index (χ1v) is 7.88. The molecule has 5 nitrogen and oxygen atoms in total. The Hall–Kier alpha value is -2.31. The van der Waals surface area contributed by atoms with Crippen LogP contribution in [0.3, 0.4) is 0 Å². The fraction of sp³-hybridized carbons (Fsp3) is 0.188. The van der Waals surface area contributed by atoms with Crippen LogP contribution in [-0.2, 0) is 13.1 Å². The van der Waals surface area contributed by atoms with Gasteiger partial charge in [0.25, 0.3) is 0 Å². The van der Waals surface area contributed by atoms with Crippen molar-refractivity contribution in [2.75, 3.05) is 11.9 Å². The summed E-state index contributed by atoms with van der Waals surface area (Å²) in [5.41, 5.74) is 1.87. The van der Waals surface area contributed by atoms with Crippen molar-refractivity contribution in [1.29, 1.82) is 0 Å². The second-order valence-electron chi connectivity index (χ2n) is 4.86. The van der Waals surface area contributed by atoms with Gasteiger partial charge < -0.3 is 15.5 Å². The first-order chi connectivity index (χ1) is 10.8. The molecular weight excluding hydrogens is 298 g/mol. The van der Waals surface area contributed by atoms with Crippen molar-refractivity contribution < 1.29 is 10.2 Å². The van der Waals surface area contributed by atoms with Gasteiger partial charge in [0.15, 0.2) is 0 Å². The number of nitrogens with one attached hydrogen (secondary N) is 1. The Labute approximate surface area is 132 Å². The van der Waals surface area contributed by atoms with Gasteiger partial charge in [0, 0.05) is 12.6 Å². The number of hydrogen-bond acceptors (Lipinski definition) is 5. The average Bonchev–Trinajstić information content (AvgIpc) is 3.15. The number of phenols is 1. The minimum atomic E-state index is 0.0341. The number of aliphatic hydroxyl groups excluding tert-OH is 1. The normalized spacial score (nSPS) is 10.8. The molecular formula is C16H17N3O2S. The van der Waals surface area contributed by atoms with E-state index in [-0.39, 0.29) is 12.4 Å². The van der Waals surface area contributed by atoms with Crippen LogP contribution in [-0.4, -0.2) is 26.6 Å². The van der Waals surface area contributed by atoms with Crippen molar-refractivity contribution in [2.45, 2.75) is 13.1 Å². The maximum Gasteiger partial charge on any atom is 0.125 e. The minimum Gasteiger partial charge on any atom is -0.508 e. The highest BCUT2D eigenvalue weighted by atomic mass is 32.1. The number of anilines is 1. The molecule has 114 valence electrons. The Kier molecular flexibility index (Phi) is 4.41. The molecule has 1 aromatic carbocycles. The molecule has 3 aromatic rings. The third-order valence-corrected chi connectivity index (χ3v) is 4.14. The van der Waals surface area contributed by atoms with Crippen LogP contribution in [0.2, 0.25) is 0 Å². The monoisotopic (exact) mass is 315 g/mol. The summed E-state index contributed by atoms with van der Waals surface area (Å²) in [5.74, 6) is 1.10. The molecule has 0 amide bonds. The molecule has 22 heavy (non-hydrogen) atoms. The van der Waals surface area contributed by atoms with Crippen LogP contribution in [0, 0.1) is 0 Å². The number of rotatable bonds is 6. The fourth-order valence-electron chi connectivity index (χ4n) is 2.23. The lowest BCUT2D eigenvalue weighted by atomic mass is 10.2. The molecule has 2 aromatic heterocycles. The van der Waals surface area contributed by atoms with Crippen LogP contribution in [0.1, 0.15) is 5.56 Å². The summed E-state index contributed by atoms with van der Waals surface area (Å²) in [5, 5.41) is 28.5. The van der Waals surface area contributed by atoms with Crippen molar-refractivity contribution in [3.8, 4) is 16.3 Å².